The molecule has 0 bridgehead atoms. The van der Waals surface area contributed by atoms with Crippen LogP contribution in [0.2, 0.25) is 0 Å². The molecular formula is C12H14N4O2. The molecule has 1 aliphatic heterocycles. The van der Waals surface area contributed by atoms with Gasteiger partial charge in [0.1, 0.15) is 5.69 Å². The number of nitro groups is 1. The van der Waals surface area contributed by atoms with Crippen LogP contribution in [0.25, 0.3) is 0 Å². The normalized spacial score (nSPS) is 15.9. The van der Waals surface area contributed by atoms with E-state index in [2.05, 4.69) is 5.43 Å². The molecule has 0 unspecified atom stereocenters. The predicted molar refractivity (Wildman–Crippen MR) is 66.9 cm³/mol. The van der Waals surface area contributed by atoms with Crippen molar-refractivity contribution in [1.82, 2.24) is 5.01 Å². The van der Waals surface area contributed by atoms with E-state index in [0.29, 0.717) is 11.3 Å². The van der Waals surface area contributed by atoms with Gasteiger partial charge in [-0.1, -0.05) is 6.42 Å². The molecule has 0 spiro atoms. The van der Waals surface area contributed by atoms with Crippen LogP contribution in [0.1, 0.15) is 24.8 Å². The smallest absolute Gasteiger partial charge is 0.293 e. The van der Waals surface area contributed by atoms with Gasteiger partial charge in [-0.25, -0.2) is 5.01 Å². The largest absolute Gasteiger partial charge is 0.313 e. The molecular weight excluding hydrogens is 232 g/mol. The maximum absolute atomic E-state index is 10.9. The Bertz CT molecular complexity index is 489. The SMILES string of the molecule is N#Cc1ccc([N+](=O)[O-])c(NN2CCCCC2)c1. The van der Waals surface area contributed by atoms with Crippen molar-refractivity contribution in [2.45, 2.75) is 19.3 Å². The van der Waals surface area contributed by atoms with Gasteiger partial charge >= 0.3 is 0 Å². The molecule has 0 aromatic heterocycles. The minimum absolute atomic E-state index is 0.000395. The second kappa shape index (κ2) is 5.47. The predicted octanol–water partition coefficient (Wildman–Crippen LogP) is 2.28. The third-order valence-electron chi connectivity index (χ3n) is 2.96. The van der Waals surface area contributed by atoms with Gasteiger partial charge in [0, 0.05) is 19.2 Å². The molecule has 2 rings (SSSR count). The summed E-state index contributed by atoms with van der Waals surface area (Å²) in [6.07, 6.45) is 3.36. The van der Waals surface area contributed by atoms with Crippen molar-refractivity contribution in [2.75, 3.05) is 18.5 Å². The zero-order valence-corrected chi connectivity index (χ0v) is 9.93. The van der Waals surface area contributed by atoms with E-state index in [1.54, 1.807) is 0 Å². The number of hydrogen-bond acceptors (Lipinski definition) is 5. The molecule has 1 saturated heterocycles. The molecule has 6 nitrogen and oxygen atoms in total. The first-order valence-corrected chi connectivity index (χ1v) is 5.91. The van der Waals surface area contributed by atoms with E-state index in [1.807, 2.05) is 11.1 Å². The van der Waals surface area contributed by atoms with E-state index in [-0.39, 0.29) is 5.69 Å². The Morgan fingerprint density at radius 1 is 1.33 bits per heavy atom. The Balaban J connectivity index is 2.23. The van der Waals surface area contributed by atoms with Gasteiger partial charge in [-0.2, -0.15) is 5.26 Å². The van der Waals surface area contributed by atoms with Crippen LogP contribution in [0.15, 0.2) is 18.2 Å². The first-order chi connectivity index (χ1) is 8.70. The van der Waals surface area contributed by atoms with E-state index in [4.69, 9.17) is 5.26 Å². The van der Waals surface area contributed by atoms with Gasteiger partial charge in [-0.15, -0.1) is 0 Å². The third-order valence-corrected chi connectivity index (χ3v) is 2.96. The van der Waals surface area contributed by atoms with Crippen molar-refractivity contribution >= 4 is 11.4 Å². The molecule has 1 fully saturated rings. The highest BCUT2D eigenvalue weighted by atomic mass is 16.6. The number of rotatable bonds is 3. The van der Waals surface area contributed by atoms with Gasteiger partial charge in [-0.3, -0.25) is 10.1 Å². The molecule has 0 radical (unpaired) electrons. The molecule has 94 valence electrons. The molecule has 6 heteroatoms. The summed E-state index contributed by atoms with van der Waals surface area (Å²) < 4.78 is 0. The Kier molecular flexibility index (Phi) is 3.75. The van der Waals surface area contributed by atoms with Crippen LogP contribution in [-0.4, -0.2) is 23.0 Å². The summed E-state index contributed by atoms with van der Waals surface area (Å²) in [6, 6.07) is 6.33. The number of anilines is 1. The summed E-state index contributed by atoms with van der Waals surface area (Å²) in [7, 11) is 0. The number of benzene rings is 1. The highest BCUT2D eigenvalue weighted by Crippen LogP contribution is 2.26. The maximum Gasteiger partial charge on any atom is 0.293 e. The molecule has 1 aromatic carbocycles. The van der Waals surface area contributed by atoms with Gasteiger partial charge in [0.25, 0.3) is 5.69 Å². The van der Waals surface area contributed by atoms with Gasteiger partial charge in [0.2, 0.25) is 0 Å². The van der Waals surface area contributed by atoms with Crippen LogP contribution >= 0.6 is 0 Å². The van der Waals surface area contributed by atoms with Crippen molar-refractivity contribution in [3.8, 4) is 6.07 Å². The Morgan fingerprint density at radius 3 is 2.67 bits per heavy atom. The summed E-state index contributed by atoms with van der Waals surface area (Å²) in [4.78, 5) is 10.5. The first-order valence-electron chi connectivity index (χ1n) is 5.91. The van der Waals surface area contributed by atoms with Crippen molar-refractivity contribution in [3.63, 3.8) is 0 Å². The highest BCUT2D eigenvalue weighted by molar-refractivity contribution is 5.63. The maximum atomic E-state index is 10.9. The van der Waals surface area contributed by atoms with Crippen LogP contribution < -0.4 is 5.43 Å². The Morgan fingerprint density at radius 2 is 2.06 bits per heavy atom. The second-order valence-corrected chi connectivity index (χ2v) is 4.26. The summed E-state index contributed by atoms with van der Waals surface area (Å²) in [5.41, 5.74) is 3.85. The van der Waals surface area contributed by atoms with Gasteiger partial charge in [-0.05, 0) is 25.0 Å². The standard InChI is InChI=1S/C12H14N4O2/c13-9-10-4-5-12(16(17)18)11(8-10)14-15-6-2-1-3-7-15/h4-5,8,14H,1-3,6-7H2. The molecule has 0 amide bonds. The zero-order valence-electron chi connectivity index (χ0n) is 9.93. The number of hydrazine groups is 1. The zero-order chi connectivity index (χ0) is 13.0. The molecule has 1 heterocycles. The van der Waals surface area contributed by atoms with Gasteiger partial charge in [0.15, 0.2) is 0 Å². The van der Waals surface area contributed by atoms with Crippen molar-refractivity contribution < 1.29 is 4.92 Å². The van der Waals surface area contributed by atoms with Crippen molar-refractivity contribution in [3.05, 3.63) is 33.9 Å². The van der Waals surface area contributed by atoms with Crippen LogP contribution in [0.3, 0.4) is 0 Å². The Labute approximate surface area is 105 Å². The van der Waals surface area contributed by atoms with Crippen LogP contribution in [-0.2, 0) is 0 Å². The number of hydrogen-bond donors (Lipinski definition) is 1. The van der Waals surface area contributed by atoms with Crippen LogP contribution in [0.5, 0.6) is 0 Å². The van der Waals surface area contributed by atoms with Gasteiger partial charge in [0.05, 0.1) is 16.6 Å². The number of nitriles is 1. The quantitative estimate of drug-likeness (QED) is 0.653. The lowest BCUT2D eigenvalue weighted by Crippen LogP contribution is -2.35. The van der Waals surface area contributed by atoms with Crippen LogP contribution in [0.4, 0.5) is 11.4 Å². The third kappa shape index (κ3) is 2.76. The number of nitro benzene ring substituents is 1. The summed E-state index contributed by atoms with van der Waals surface area (Å²) >= 11 is 0. The average Bonchev–Trinajstić information content (AvgIpc) is 2.39. The minimum atomic E-state index is -0.437. The van der Waals surface area contributed by atoms with E-state index in [9.17, 15) is 10.1 Å². The van der Waals surface area contributed by atoms with E-state index < -0.39 is 4.92 Å². The molecule has 1 aliphatic rings. The Hall–Kier alpha value is -2.13. The van der Waals surface area contributed by atoms with E-state index in [1.165, 1.54) is 24.6 Å². The van der Waals surface area contributed by atoms with E-state index >= 15 is 0 Å². The fourth-order valence-corrected chi connectivity index (χ4v) is 2.03. The molecule has 0 saturated carbocycles. The molecule has 1 aromatic rings. The van der Waals surface area contributed by atoms with E-state index in [0.717, 1.165) is 25.9 Å². The van der Waals surface area contributed by atoms with Gasteiger partial charge < -0.3 is 5.43 Å². The average molecular weight is 246 g/mol. The van der Waals surface area contributed by atoms with Crippen molar-refractivity contribution in [2.24, 2.45) is 0 Å². The molecule has 0 aliphatic carbocycles. The lowest BCUT2D eigenvalue weighted by molar-refractivity contribution is -0.384. The lowest BCUT2D eigenvalue weighted by Gasteiger charge is -2.27. The summed E-state index contributed by atoms with van der Waals surface area (Å²) in [6.45, 7) is 1.74. The monoisotopic (exact) mass is 246 g/mol. The second-order valence-electron chi connectivity index (χ2n) is 4.26. The topological polar surface area (TPSA) is 82.2 Å². The number of nitrogens with one attached hydrogen (secondary N) is 1. The molecule has 0 atom stereocenters. The number of nitrogens with zero attached hydrogens (tertiary/aromatic N) is 3. The lowest BCUT2D eigenvalue weighted by atomic mass is 10.1. The first kappa shape index (κ1) is 12.3. The van der Waals surface area contributed by atoms with Crippen molar-refractivity contribution in [1.29, 1.82) is 5.26 Å². The highest BCUT2D eigenvalue weighted by Gasteiger charge is 2.17. The molecule has 18 heavy (non-hydrogen) atoms. The molecule has 1 N–H and O–H groups in total. The number of piperidine rings is 1. The summed E-state index contributed by atoms with van der Waals surface area (Å²) in [5.74, 6) is 0. The fraction of sp³-hybridized carbons (Fsp3) is 0.417. The minimum Gasteiger partial charge on any atom is -0.313 e. The summed E-state index contributed by atoms with van der Waals surface area (Å²) in [5, 5.41) is 21.7. The van der Waals surface area contributed by atoms with Crippen LogP contribution in [0, 0.1) is 21.4 Å². The fourth-order valence-electron chi connectivity index (χ4n) is 2.03.